The lowest BCUT2D eigenvalue weighted by molar-refractivity contribution is -0.155. The summed E-state index contributed by atoms with van der Waals surface area (Å²) < 4.78 is 5.16. The molecule has 0 heterocycles. The van der Waals surface area contributed by atoms with Crippen LogP contribution in [0.25, 0.3) is 6.08 Å². The number of aliphatic carboxylic acids is 1. The van der Waals surface area contributed by atoms with Gasteiger partial charge in [-0.2, -0.15) is 0 Å². The number of rotatable bonds is 4. The van der Waals surface area contributed by atoms with Gasteiger partial charge in [0.05, 0.1) is 12.0 Å². The molecule has 2 rings (SSSR count). The Morgan fingerprint density at radius 2 is 1.87 bits per heavy atom. The lowest BCUT2D eigenvalue weighted by Crippen LogP contribution is -2.35. The molecule has 124 valence electrons. The number of phenolic OH excluding ortho intramolecular Hbond substituents is 2. The number of aromatic hydroxyl groups is 2. The average Bonchev–Trinajstić information content (AvgIpc) is 2.48. The highest BCUT2D eigenvalue weighted by Crippen LogP contribution is 2.28. The van der Waals surface area contributed by atoms with Gasteiger partial charge in [0.25, 0.3) is 0 Å². The van der Waals surface area contributed by atoms with Gasteiger partial charge in [-0.1, -0.05) is 6.07 Å². The minimum absolute atomic E-state index is 0.159. The van der Waals surface area contributed by atoms with E-state index < -0.39 is 30.1 Å². The molecule has 1 fully saturated rings. The van der Waals surface area contributed by atoms with E-state index in [1.807, 2.05) is 0 Å². The third-order valence-corrected chi connectivity index (χ3v) is 3.68. The molecule has 1 aliphatic carbocycles. The molecule has 0 saturated heterocycles. The summed E-state index contributed by atoms with van der Waals surface area (Å²) >= 11 is 0. The Hall–Kier alpha value is -2.54. The molecule has 0 spiro atoms. The van der Waals surface area contributed by atoms with Crippen LogP contribution in [-0.2, 0) is 14.3 Å². The third kappa shape index (κ3) is 4.72. The van der Waals surface area contributed by atoms with Gasteiger partial charge in [-0.3, -0.25) is 4.79 Å². The topological polar surface area (TPSA) is 124 Å². The van der Waals surface area contributed by atoms with Crippen molar-refractivity contribution in [1.29, 1.82) is 0 Å². The number of carboxylic acids is 1. The Bertz CT molecular complexity index is 623. The quantitative estimate of drug-likeness (QED) is 0.374. The van der Waals surface area contributed by atoms with Crippen molar-refractivity contribution in [2.45, 2.75) is 31.5 Å². The number of phenols is 2. The fourth-order valence-corrected chi connectivity index (χ4v) is 2.55. The first-order valence-electron chi connectivity index (χ1n) is 7.16. The molecule has 1 aromatic rings. The van der Waals surface area contributed by atoms with Gasteiger partial charge in [0.15, 0.2) is 11.5 Å². The summed E-state index contributed by atoms with van der Waals surface area (Å²) in [5, 5.41) is 37.2. The van der Waals surface area contributed by atoms with E-state index in [-0.39, 0.29) is 30.8 Å². The summed E-state index contributed by atoms with van der Waals surface area (Å²) in [6.45, 7) is 0. The van der Waals surface area contributed by atoms with E-state index in [4.69, 9.17) is 9.84 Å². The van der Waals surface area contributed by atoms with Crippen molar-refractivity contribution in [3.8, 4) is 11.5 Å². The van der Waals surface area contributed by atoms with E-state index in [2.05, 4.69) is 0 Å². The van der Waals surface area contributed by atoms with Crippen LogP contribution in [-0.4, -0.2) is 44.6 Å². The number of hydrogen-bond donors (Lipinski definition) is 4. The van der Waals surface area contributed by atoms with Crippen LogP contribution in [0.5, 0.6) is 11.5 Å². The number of carbonyl (C=O) groups excluding carboxylic acids is 1. The van der Waals surface area contributed by atoms with Gasteiger partial charge in [-0.05, 0) is 36.6 Å². The predicted octanol–water partition coefficient (Wildman–Crippen LogP) is 1.27. The van der Waals surface area contributed by atoms with Gasteiger partial charge < -0.3 is 25.2 Å². The first kappa shape index (κ1) is 16.8. The molecular weight excluding hydrogens is 304 g/mol. The SMILES string of the molecule is O=C(/C=C/c1ccc(O)c(O)c1)O[C@@H]1CC(C(=O)O)C[C@@H](O)C1. The molecule has 0 aliphatic heterocycles. The number of carboxylic acid groups (broad SMARTS) is 1. The number of esters is 1. The first-order chi connectivity index (χ1) is 10.8. The summed E-state index contributed by atoms with van der Waals surface area (Å²) in [6, 6.07) is 4.07. The minimum Gasteiger partial charge on any atom is -0.504 e. The molecule has 3 atom stereocenters. The van der Waals surface area contributed by atoms with Crippen molar-refractivity contribution in [2.24, 2.45) is 5.92 Å². The van der Waals surface area contributed by atoms with Crippen molar-refractivity contribution in [3.63, 3.8) is 0 Å². The molecule has 4 N–H and O–H groups in total. The second kappa shape index (κ2) is 7.15. The Labute approximate surface area is 132 Å². The van der Waals surface area contributed by atoms with Crippen molar-refractivity contribution < 1.29 is 34.8 Å². The predicted molar refractivity (Wildman–Crippen MR) is 79.7 cm³/mol. The van der Waals surface area contributed by atoms with Gasteiger partial charge in [-0.25, -0.2) is 4.79 Å². The normalized spacial score (nSPS) is 24.5. The fraction of sp³-hybridized carbons (Fsp3) is 0.375. The number of benzene rings is 1. The van der Waals surface area contributed by atoms with Gasteiger partial charge in [0.1, 0.15) is 6.10 Å². The van der Waals surface area contributed by atoms with Gasteiger partial charge in [0.2, 0.25) is 0 Å². The standard InChI is InChI=1S/C16H18O7/c17-11-6-10(16(21)22)7-12(8-11)23-15(20)4-2-9-1-3-13(18)14(19)5-9/h1-5,10-12,17-19H,6-8H2,(H,21,22)/b4-2+/t10?,11-,12-/m1/s1. The zero-order chi connectivity index (χ0) is 17.0. The molecule has 0 amide bonds. The Morgan fingerprint density at radius 1 is 1.13 bits per heavy atom. The van der Waals surface area contributed by atoms with Gasteiger partial charge in [0, 0.05) is 12.5 Å². The number of carbonyl (C=O) groups is 2. The zero-order valence-corrected chi connectivity index (χ0v) is 12.3. The molecule has 7 nitrogen and oxygen atoms in total. The maximum Gasteiger partial charge on any atom is 0.331 e. The molecule has 1 aliphatic rings. The Morgan fingerprint density at radius 3 is 2.52 bits per heavy atom. The van der Waals surface area contributed by atoms with Gasteiger partial charge in [-0.15, -0.1) is 0 Å². The molecule has 0 aromatic heterocycles. The van der Waals surface area contributed by atoms with E-state index >= 15 is 0 Å². The lowest BCUT2D eigenvalue weighted by atomic mass is 9.85. The monoisotopic (exact) mass is 322 g/mol. The van der Waals surface area contributed by atoms with E-state index in [1.54, 1.807) is 0 Å². The van der Waals surface area contributed by atoms with Crippen molar-refractivity contribution in [1.82, 2.24) is 0 Å². The molecule has 23 heavy (non-hydrogen) atoms. The third-order valence-electron chi connectivity index (χ3n) is 3.68. The number of hydrogen-bond acceptors (Lipinski definition) is 6. The van der Waals surface area contributed by atoms with Crippen molar-refractivity contribution >= 4 is 18.0 Å². The van der Waals surface area contributed by atoms with Crippen LogP contribution < -0.4 is 0 Å². The van der Waals surface area contributed by atoms with Crippen LogP contribution in [0.3, 0.4) is 0 Å². The van der Waals surface area contributed by atoms with Crippen LogP contribution >= 0.6 is 0 Å². The van der Waals surface area contributed by atoms with E-state index in [1.165, 1.54) is 24.3 Å². The molecule has 1 saturated carbocycles. The number of aliphatic hydroxyl groups excluding tert-OH is 1. The first-order valence-corrected chi connectivity index (χ1v) is 7.16. The number of ether oxygens (including phenoxy) is 1. The lowest BCUT2D eigenvalue weighted by Gasteiger charge is -2.29. The fourth-order valence-electron chi connectivity index (χ4n) is 2.55. The zero-order valence-electron chi connectivity index (χ0n) is 12.3. The van der Waals surface area contributed by atoms with E-state index in [0.29, 0.717) is 5.56 Å². The molecule has 0 radical (unpaired) electrons. The average molecular weight is 322 g/mol. The van der Waals surface area contributed by atoms with Crippen LogP contribution in [0, 0.1) is 5.92 Å². The molecular formula is C16H18O7. The second-order valence-corrected chi connectivity index (χ2v) is 5.54. The summed E-state index contributed by atoms with van der Waals surface area (Å²) in [5.74, 6) is -2.98. The largest absolute Gasteiger partial charge is 0.504 e. The highest BCUT2D eigenvalue weighted by atomic mass is 16.5. The van der Waals surface area contributed by atoms with Crippen LogP contribution in [0.15, 0.2) is 24.3 Å². The molecule has 7 heteroatoms. The number of aliphatic hydroxyl groups is 1. The minimum atomic E-state index is -1.01. The van der Waals surface area contributed by atoms with E-state index in [9.17, 15) is 24.9 Å². The molecule has 1 unspecified atom stereocenters. The summed E-state index contributed by atoms with van der Waals surface area (Å²) in [6.07, 6.45) is 1.63. The second-order valence-electron chi connectivity index (χ2n) is 5.54. The van der Waals surface area contributed by atoms with Gasteiger partial charge >= 0.3 is 11.9 Å². The maximum atomic E-state index is 11.8. The maximum absolute atomic E-state index is 11.8. The van der Waals surface area contributed by atoms with Crippen molar-refractivity contribution in [3.05, 3.63) is 29.8 Å². The molecule has 1 aromatic carbocycles. The van der Waals surface area contributed by atoms with Crippen LogP contribution in [0.1, 0.15) is 24.8 Å². The van der Waals surface area contributed by atoms with Crippen molar-refractivity contribution in [2.75, 3.05) is 0 Å². The highest BCUT2D eigenvalue weighted by Gasteiger charge is 2.33. The van der Waals surface area contributed by atoms with E-state index in [0.717, 1.165) is 6.08 Å². The highest BCUT2D eigenvalue weighted by molar-refractivity contribution is 5.87. The molecule has 0 bridgehead atoms. The summed E-state index contributed by atoms with van der Waals surface area (Å²) in [5.41, 5.74) is 0.490. The van der Waals surface area contributed by atoms with Crippen LogP contribution in [0.4, 0.5) is 0 Å². The smallest absolute Gasteiger partial charge is 0.331 e. The Kier molecular flexibility index (Phi) is 5.23. The summed E-state index contributed by atoms with van der Waals surface area (Å²) in [4.78, 5) is 22.8. The summed E-state index contributed by atoms with van der Waals surface area (Å²) in [7, 11) is 0. The van der Waals surface area contributed by atoms with Crippen LogP contribution in [0.2, 0.25) is 0 Å². The Balaban J connectivity index is 1.94.